The normalized spacial score (nSPS) is 16.6. The highest BCUT2D eigenvalue weighted by Gasteiger charge is 2.29. The second-order valence-corrected chi connectivity index (χ2v) is 8.09. The van der Waals surface area contributed by atoms with Crippen molar-refractivity contribution in [2.45, 2.75) is 32.8 Å². The summed E-state index contributed by atoms with van der Waals surface area (Å²) < 4.78 is 5.72. The van der Waals surface area contributed by atoms with Crippen molar-refractivity contribution in [3.63, 3.8) is 0 Å². The van der Waals surface area contributed by atoms with Gasteiger partial charge in [-0.15, -0.1) is 0 Å². The number of piperidine rings is 1. The summed E-state index contributed by atoms with van der Waals surface area (Å²) in [7, 11) is 3.91. The number of carbonyl (C=O) groups is 2. The maximum Gasteiger partial charge on any atom is 0.253 e. The molecule has 5 heteroatoms. The lowest BCUT2D eigenvalue weighted by Gasteiger charge is -2.32. The first-order chi connectivity index (χ1) is 13.8. The number of nitrogens with zero attached hydrogens (tertiary/aromatic N) is 2. The van der Waals surface area contributed by atoms with E-state index in [2.05, 4.69) is 0 Å². The molecular weight excluding hydrogens is 364 g/mol. The van der Waals surface area contributed by atoms with Crippen molar-refractivity contribution in [2.24, 2.45) is 5.92 Å². The fourth-order valence-corrected chi connectivity index (χ4v) is 3.71. The van der Waals surface area contributed by atoms with Crippen LogP contribution in [0.3, 0.4) is 0 Å². The van der Waals surface area contributed by atoms with Gasteiger partial charge in [-0.2, -0.15) is 0 Å². The number of ether oxygens (including phenoxy) is 1. The zero-order valence-corrected chi connectivity index (χ0v) is 17.7. The van der Waals surface area contributed by atoms with Crippen molar-refractivity contribution in [3.05, 3.63) is 59.7 Å². The Hall–Kier alpha value is -2.82. The summed E-state index contributed by atoms with van der Waals surface area (Å²) in [6.07, 6.45) is 1.69. The summed E-state index contributed by atoms with van der Waals surface area (Å²) in [5, 5.41) is 0. The van der Waals surface area contributed by atoms with Crippen molar-refractivity contribution in [2.75, 3.05) is 32.1 Å². The van der Waals surface area contributed by atoms with E-state index < -0.39 is 0 Å². The molecule has 0 aromatic heterocycles. The molecule has 0 aliphatic carbocycles. The van der Waals surface area contributed by atoms with E-state index in [0.717, 1.165) is 18.5 Å². The van der Waals surface area contributed by atoms with E-state index >= 15 is 0 Å². The Morgan fingerprint density at radius 2 is 1.79 bits per heavy atom. The SMILES string of the molecule is CC(C)Oc1cccc(C(=O)C2CCCN(C(=O)c3cccc(N(C)C)c3)C2)c1. The zero-order chi connectivity index (χ0) is 21.0. The number of ketones is 1. The number of Topliss-reactive ketones (excluding diaryl/α,β-unsaturated/α-hetero) is 1. The minimum Gasteiger partial charge on any atom is -0.491 e. The van der Waals surface area contributed by atoms with Crippen LogP contribution in [0, 0.1) is 5.92 Å². The fraction of sp³-hybridized carbons (Fsp3) is 0.417. The van der Waals surface area contributed by atoms with E-state index in [1.165, 1.54) is 0 Å². The van der Waals surface area contributed by atoms with Gasteiger partial charge in [0.1, 0.15) is 5.75 Å². The second kappa shape index (κ2) is 9.12. The van der Waals surface area contributed by atoms with Gasteiger partial charge in [0.2, 0.25) is 0 Å². The number of benzene rings is 2. The average molecular weight is 395 g/mol. The molecule has 29 heavy (non-hydrogen) atoms. The van der Waals surface area contributed by atoms with Gasteiger partial charge < -0.3 is 14.5 Å². The molecule has 1 aliphatic heterocycles. The molecule has 1 aliphatic rings. The molecular formula is C24H30N2O3. The smallest absolute Gasteiger partial charge is 0.253 e. The van der Waals surface area contributed by atoms with Crippen LogP contribution >= 0.6 is 0 Å². The molecule has 0 bridgehead atoms. The third-order valence-electron chi connectivity index (χ3n) is 5.18. The molecule has 0 N–H and O–H groups in total. The maximum atomic E-state index is 13.1. The lowest BCUT2D eigenvalue weighted by Crippen LogP contribution is -2.42. The molecule has 1 atom stereocenters. The third-order valence-corrected chi connectivity index (χ3v) is 5.18. The van der Waals surface area contributed by atoms with Gasteiger partial charge in [-0.3, -0.25) is 9.59 Å². The first-order valence-electron chi connectivity index (χ1n) is 10.2. The van der Waals surface area contributed by atoms with Crippen LogP contribution in [0.4, 0.5) is 5.69 Å². The number of anilines is 1. The van der Waals surface area contributed by atoms with Crippen LogP contribution in [0.1, 0.15) is 47.4 Å². The van der Waals surface area contributed by atoms with Crippen LogP contribution in [-0.2, 0) is 0 Å². The van der Waals surface area contributed by atoms with Crippen LogP contribution < -0.4 is 9.64 Å². The van der Waals surface area contributed by atoms with Crippen molar-refractivity contribution in [3.8, 4) is 5.75 Å². The maximum absolute atomic E-state index is 13.1. The van der Waals surface area contributed by atoms with Gasteiger partial charge in [0, 0.05) is 49.9 Å². The molecule has 5 nitrogen and oxygen atoms in total. The molecule has 0 saturated carbocycles. The quantitative estimate of drug-likeness (QED) is 0.687. The number of hydrogen-bond acceptors (Lipinski definition) is 4. The minimum absolute atomic E-state index is 0.0110. The lowest BCUT2D eigenvalue weighted by molar-refractivity contribution is 0.0636. The van der Waals surface area contributed by atoms with Gasteiger partial charge in [0.15, 0.2) is 5.78 Å². The van der Waals surface area contributed by atoms with Gasteiger partial charge in [0.25, 0.3) is 5.91 Å². The number of carbonyl (C=O) groups excluding carboxylic acids is 2. The monoisotopic (exact) mass is 394 g/mol. The van der Waals surface area contributed by atoms with Gasteiger partial charge >= 0.3 is 0 Å². The molecule has 1 saturated heterocycles. The van der Waals surface area contributed by atoms with E-state index in [9.17, 15) is 9.59 Å². The van der Waals surface area contributed by atoms with Crippen molar-refractivity contribution >= 4 is 17.4 Å². The summed E-state index contributed by atoms with van der Waals surface area (Å²) in [4.78, 5) is 29.9. The molecule has 1 fully saturated rings. The summed E-state index contributed by atoms with van der Waals surface area (Å²) in [6, 6.07) is 15.0. The molecule has 1 unspecified atom stereocenters. The third kappa shape index (κ3) is 5.17. The van der Waals surface area contributed by atoms with Crippen LogP contribution in [0.15, 0.2) is 48.5 Å². The van der Waals surface area contributed by atoms with Gasteiger partial charge in [-0.1, -0.05) is 18.2 Å². The summed E-state index contributed by atoms with van der Waals surface area (Å²) in [5.41, 5.74) is 2.30. The Bertz CT molecular complexity index is 876. The van der Waals surface area contributed by atoms with E-state index in [0.29, 0.717) is 30.0 Å². The molecule has 0 radical (unpaired) electrons. The van der Waals surface area contributed by atoms with Crippen molar-refractivity contribution in [1.29, 1.82) is 0 Å². The first-order valence-corrected chi connectivity index (χ1v) is 10.2. The number of rotatable bonds is 6. The van der Waals surface area contributed by atoms with Gasteiger partial charge in [-0.05, 0) is 57.0 Å². The Morgan fingerprint density at radius 3 is 2.52 bits per heavy atom. The summed E-state index contributed by atoms with van der Waals surface area (Å²) in [5.74, 6) is 0.593. The molecule has 2 aromatic carbocycles. The zero-order valence-electron chi connectivity index (χ0n) is 17.7. The highest BCUT2D eigenvalue weighted by atomic mass is 16.5. The highest BCUT2D eigenvalue weighted by Crippen LogP contribution is 2.25. The lowest BCUT2D eigenvalue weighted by atomic mass is 9.89. The van der Waals surface area contributed by atoms with E-state index in [1.807, 2.05) is 86.3 Å². The first kappa shape index (κ1) is 20.9. The summed E-state index contributed by atoms with van der Waals surface area (Å²) in [6.45, 7) is 5.07. The predicted molar refractivity (Wildman–Crippen MR) is 116 cm³/mol. The molecule has 3 rings (SSSR count). The van der Waals surface area contributed by atoms with Crippen LogP contribution in [0.5, 0.6) is 5.75 Å². The van der Waals surface area contributed by atoms with E-state index in [-0.39, 0.29) is 23.7 Å². The number of hydrogen-bond donors (Lipinski definition) is 0. The van der Waals surface area contributed by atoms with Gasteiger partial charge in [-0.25, -0.2) is 0 Å². The number of amides is 1. The molecule has 2 aromatic rings. The van der Waals surface area contributed by atoms with Crippen LogP contribution in [0.2, 0.25) is 0 Å². The second-order valence-electron chi connectivity index (χ2n) is 8.09. The molecule has 154 valence electrons. The van der Waals surface area contributed by atoms with Crippen LogP contribution in [-0.4, -0.2) is 49.9 Å². The highest BCUT2D eigenvalue weighted by molar-refractivity contribution is 5.99. The fourth-order valence-electron chi connectivity index (χ4n) is 3.71. The Kier molecular flexibility index (Phi) is 6.57. The van der Waals surface area contributed by atoms with Crippen molar-refractivity contribution in [1.82, 2.24) is 4.90 Å². The average Bonchev–Trinajstić information content (AvgIpc) is 2.72. The minimum atomic E-state index is -0.181. The predicted octanol–water partition coefficient (Wildman–Crippen LogP) is 4.27. The molecule has 1 amide bonds. The Balaban J connectivity index is 1.72. The number of likely N-dealkylation sites (tertiary alicyclic amines) is 1. The van der Waals surface area contributed by atoms with E-state index in [1.54, 1.807) is 0 Å². The standard InChI is InChI=1S/C24H30N2O3/c1-17(2)29-22-12-6-8-18(15-22)23(27)20-10-7-13-26(16-20)24(28)19-9-5-11-21(14-19)25(3)4/h5-6,8-9,11-12,14-15,17,20H,7,10,13,16H2,1-4H3. The Morgan fingerprint density at radius 1 is 1.07 bits per heavy atom. The van der Waals surface area contributed by atoms with Crippen LogP contribution in [0.25, 0.3) is 0 Å². The Labute approximate surface area is 173 Å². The summed E-state index contributed by atoms with van der Waals surface area (Å²) >= 11 is 0. The van der Waals surface area contributed by atoms with Crippen molar-refractivity contribution < 1.29 is 14.3 Å². The molecule has 0 spiro atoms. The van der Waals surface area contributed by atoms with E-state index in [4.69, 9.17) is 4.74 Å². The largest absolute Gasteiger partial charge is 0.491 e. The molecule has 1 heterocycles. The topological polar surface area (TPSA) is 49.9 Å². The van der Waals surface area contributed by atoms with Gasteiger partial charge in [0.05, 0.1) is 6.10 Å².